The van der Waals surface area contributed by atoms with Gasteiger partial charge in [0.1, 0.15) is 6.61 Å². The minimum atomic E-state index is -0.944. The highest BCUT2D eigenvalue weighted by molar-refractivity contribution is 5.94. The van der Waals surface area contributed by atoms with Crippen LogP contribution < -0.4 is 4.90 Å². The Morgan fingerprint density at radius 2 is 1.56 bits per heavy atom. The molecule has 0 spiro atoms. The van der Waals surface area contributed by atoms with E-state index in [1.165, 1.54) is 0 Å². The van der Waals surface area contributed by atoms with Crippen LogP contribution in [0.1, 0.15) is 15.9 Å². The van der Waals surface area contributed by atoms with Gasteiger partial charge in [0.25, 0.3) is 0 Å². The smallest absolute Gasteiger partial charge is 0.410 e. The SMILES string of the molecule is O=C(O)c1ccccc1N1CCN(C(=O)OCc2ccccc2)CC1. The van der Waals surface area contributed by atoms with Crippen molar-refractivity contribution < 1.29 is 19.4 Å². The van der Waals surface area contributed by atoms with E-state index in [0.717, 1.165) is 5.56 Å². The van der Waals surface area contributed by atoms with Crippen LogP contribution in [0.25, 0.3) is 0 Å². The summed E-state index contributed by atoms with van der Waals surface area (Å²) in [6, 6.07) is 16.5. The van der Waals surface area contributed by atoms with Gasteiger partial charge in [-0.25, -0.2) is 9.59 Å². The molecule has 1 fully saturated rings. The lowest BCUT2D eigenvalue weighted by molar-refractivity contribution is 0.0696. The summed E-state index contributed by atoms with van der Waals surface area (Å²) in [5, 5.41) is 9.30. The zero-order valence-corrected chi connectivity index (χ0v) is 13.8. The Bertz CT molecular complexity index is 740. The zero-order chi connectivity index (χ0) is 17.6. The van der Waals surface area contributed by atoms with E-state index in [-0.39, 0.29) is 18.3 Å². The summed E-state index contributed by atoms with van der Waals surface area (Å²) in [7, 11) is 0. The van der Waals surface area contributed by atoms with Gasteiger partial charge >= 0.3 is 12.1 Å². The predicted molar refractivity (Wildman–Crippen MR) is 93.8 cm³/mol. The van der Waals surface area contributed by atoms with Crippen LogP contribution in [0, 0.1) is 0 Å². The summed E-state index contributed by atoms with van der Waals surface area (Å²) in [5.74, 6) is -0.944. The Morgan fingerprint density at radius 1 is 0.920 bits per heavy atom. The van der Waals surface area contributed by atoms with Gasteiger partial charge in [-0.05, 0) is 17.7 Å². The monoisotopic (exact) mass is 340 g/mol. The number of hydrogen-bond acceptors (Lipinski definition) is 4. The van der Waals surface area contributed by atoms with Gasteiger partial charge < -0.3 is 19.6 Å². The lowest BCUT2D eigenvalue weighted by atomic mass is 10.1. The van der Waals surface area contributed by atoms with Crippen LogP contribution in [-0.2, 0) is 11.3 Å². The number of benzene rings is 2. The Kier molecular flexibility index (Phi) is 5.18. The Balaban J connectivity index is 1.55. The van der Waals surface area contributed by atoms with Crippen molar-refractivity contribution in [3.8, 4) is 0 Å². The highest BCUT2D eigenvalue weighted by Crippen LogP contribution is 2.22. The van der Waals surface area contributed by atoms with Crippen molar-refractivity contribution >= 4 is 17.7 Å². The number of para-hydroxylation sites is 1. The van der Waals surface area contributed by atoms with E-state index in [4.69, 9.17) is 4.74 Å². The van der Waals surface area contributed by atoms with Gasteiger partial charge in [-0.1, -0.05) is 42.5 Å². The maximum absolute atomic E-state index is 12.2. The fourth-order valence-electron chi connectivity index (χ4n) is 2.87. The van der Waals surface area contributed by atoms with Crippen LogP contribution in [0.5, 0.6) is 0 Å². The number of hydrogen-bond donors (Lipinski definition) is 1. The molecule has 0 aromatic heterocycles. The third kappa shape index (κ3) is 4.09. The second-order valence-electron chi connectivity index (χ2n) is 5.84. The van der Waals surface area contributed by atoms with Gasteiger partial charge in [0.2, 0.25) is 0 Å². The van der Waals surface area contributed by atoms with Gasteiger partial charge in [-0.3, -0.25) is 0 Å². The number of anilines is 1. The maximum atomic E-state index is 12.2. The molecule has 0 radical (unpaired) electrons. The summed E-state index contributed by atoms with van der Waals surface area (Å²) >= 11 is 0. The molecule has 2 aromatic rings. The van der Waals surface area contributed by atoms with Crippen molar-refractivity contribution in [1.82, 2.24) is 4.90 Å². The number of carboxylic acid groups (broad SMARTS) is 1. The standard InChI is InChI=1S/C19H20N2O4/c22-18(23)16-8-4-5-9-17(16)20-10-12-21(13-11-20)19(24)25-14-15-6-2-1-3-7-15/h1-9H,10-14H2,(H,22,23). The molecule has 25 heavy (non-hydrogen) atoms. The van der Waals surface area contributed by atoms with Crippen LogP contribution in [0.15, 0.2) is 54.6 Å². The van der Waals surface area contributed by atoms with Gasteiger partial charge in [0.05, 0.1) is 11.3 Å². The summed E-state index contributed by atoms with van der Waals surface area (Å²) in [6.07, 6.45) is -0.338. The molecule has 6 heteroatoms. The first kappa shape index (κ1) is 16.8. The number of rotatable bonds is 4. The first-order chi connectivity index (χ1) is 12.1. The average molecular weight is 340 g/mol. The van der Waals surface area contributed by atoms with E-state index in [0.29, 0.717) is 31.9 Å². The van der Waals surface area contributed by atoms with Gasteiger partial charge in [0.15, 0.2) is 0 Å². The summed E-state index contributed by atoms with van der Waals surface area (Å²) < 4.78 is 5.34. The average Bonchev–Trinajstić information content (AvgIpc) is 2.67. The molecule has 1 aliphatic rings. The molecular formula is C19H20N2O4. The van der Waals surface area contributed by atoms with E-state index in [2.05, 4.69) is 0 Å². The first-order valence-electron chi connectivity index (χ1n) is 8.18. The normalized spacial score (nSPS) is 14.2. The molecule has 6 nitrogen and oxygen atoms in total. The number of ether oxygens (including phenoxy) is 1. The molecule has 0 atom stereocenters. The molecule has 130 valence electrons. The fourth-order valence-corrected chi connectivity index (χ4v) is 2.87. The topological polar surface area (TPSA) is 70.1 Å². The number of carbonyl (C=O) groups is 2. The van der Waals surface area contributed by atoms with Crippen LogP contribution in [0.4, 0.5) is 10.5 Å². The minimum Gasteiger partial charge on any atom is -0.478 e. The molecule has 2 aromatic carbocycles. The van der Waals surface area contributed by atoms with E-state index in [1.54, 1.807) is 23.1 Å². The third-order valence-corrected chi connectivity index (χ3v) is 4.22. The number of piperazine rings is 1. The first-order valence-corrected chi connectivity index (χ1v) is 8.18. The molecule has 0 aliphatic carbocycles. The molecule has 0 saturated carbocycles. The summed E-state index contributed by atoms with van der Waals surface area (Å²) in [6.45, 7) is 2.40. The van der Waals surface area contributed by atoms with Crippen molar-refractivity contribution in [3.63, 3.8) is 0 Å². The van der Waals surface area contributed by atoms with E-state index in [1.807, 2.05) is 41.3 Å². The van der Waals surface area contributed by atoms with Gasteiger partial charge in [0, 0.05) is 26.2 Å². The molecule has 1 amide bonds. The van der Waals surface area contributed by atoms with Crippen molar-refractivity contribution in [2.45, 2.75) is 6.61 Å². The summed E-state index contributed by atoms with van der Waals surface area (Å²) in [5.41, 5.74) is 1.92. The third-order valence-electron chi connectivity index (χ3n) is 4.22. The zero-order valence-electron chi connectivity index (χ0n) is 13.8. The molecular weight excluding hydrogens is 320 g/mol. The van der Waals surface area contributed by atoms with E-state index in [9.17, 15) is 14.7 Å². The molecule has 1 heterocycles. The van der Waals surface area contributed by atoms with Crippen LogP contribution in [0.2, 0.25) is 0 Å². The number of amides is 1. The van der Waals surface area contributed by atoms with Gasteiger partial charge in [-0.15, -0.1) is 0 Å². The van der Waals surface area contributed by atoms with Crippen LogP contribution in [0.3, 0.4) is 0 Å². The Morgan fingerprint density at radius 3 is 2.24 bits per heavy atom. The number of aromatic carboxylic acids is 1. The van der Waals surface area contributed by atoms with Crippen LogP contribution >= 0.6 is 0 Å². The van der Waals surface area contributed by atoms with Crippen molar-refractivity contribution in [3.05, 3.63) is 65.7 Å². The fraction of sp³-hybridized carbons (Fsp3) is 0.263. The summed E-state index contributed by atoms with van der Waals surface area (Å²) in [4.78, 5) is 27.2. The Hall–Kier alpha value is -3.02. The molecule has 1 N–H and O–H groups in total. The largest absolute Gasteiger partial charge is 0.478 e. The van der Waals surface area contributed by atoms with Crippen molar-refractivity contribution in [1.29, 1.82) is 0 Å². The molecule has 0 unspecified atom stereocenters. The van der Waals surface area contributed by atoms with Crippen molar-refractivity contribution in [2.24, 2.45) is 0 Å². The quantitative estimate of drug-likeness (QED) is 0.927. The Labute approximate surface area is 146 Å². The minimum absolute atomic E-state index is 0.252. The van der Waals surface area contributed by atoms with E-state index < -0.39 is 5.97 Å². The highest BCUT2D eigenvalue weighted by atomic mass is 16.6. The second kappa shape index (κ2) is 7.70. The molecule has 1 saturated heterocycles. The number of carboxylic acids is 1. The van der Waals surface area contributed by atoms with E-state index >= 15 is 0 Å². The lowest BCUT2D eigenvalue weighted by Gasteiger charge is -2.36. The van der Waals surface area contributed by atoms with Crippen molar-refractivity contribution in [2.75, 3.05) is 31.1 Å². The number of carbonyl (C=O) groups excluding carboxylic acids is 1. The number of nitrogens with zero attached hydrogens (tertiary/aromatic N) is 2. The van der Waals surface area contributed by atoms with Crippen LogP contribution in [-0.4, -0.2) is 48.2 Å². The second-order valence-corrected chi connectivity index (χ2v) is 5.84. The maximum Gasteiger partial charge on any atom is 0.410 e. The molecule has 3 rings (SSSR count). The predicted octanol–water partition coefficient (Wildman–Crippen LogP) is 2.84. The molecule has 0 bridgehead atoms. The highest BCUT2D eigenvalue weighted by Gasteiger charge is 2.24. The molecule has 1 aliphatic heterocycles. The van der Waals surface area contributed by atoms with Gasteiger partial charge in [-0.2, -0.15) is 0 Å². The lowest BCUT2D eigenvalue weighted by Crippen LogP contribution is -2.49.